The molecule has 0 aliphatic rings. The maximum Gasteiger partial charge on any atom is 0.453 e. The number of aromatic hydroxyl groups is 1. The van der Waals surface area contributed by atoms with Crippen molar-refractivity contribution in [3.63, 3.8) is 0 Å². The third kappa shape index (κ3) is 10.1. The third-order valence-corrected chi connectivity index (χ3v) is 7.89. The molecule has 0 aliphatic carbocycles. The minimum atomic E-state index is -5.48. The summed E-state index contributed by atoms with van der Waals surface area (Å²) in [5.41, 5.74) is 5.52. The molecule has 0 aromatic heterocycles. The van der Waals surface area contributed by atoms with Crippen LogP contribution in [0, 0.1) is 0 Å². The molecule has 0 heterocycles. The van der Waals surface area contributed by atoms with Crippen LogP contribution < -0.4 is 4.74 Å². The van der Waals surface area contributed by atoms with Gasteiger partial charge in [0.2, 0.25) is 0 Å². The zero-order chi connectivity index (χ0) is 30.6. The van der Waals surface area contributed by atoms with Gasteiger partial charge in [-0.15, -0.1) is 0 Å². The first-order chi connectivity index (χ1) is 20.0. The second-order valence-corrected chi connectivity index (χ2v) is 11.3. The van der Waals surface area contributed by atoms with Crippen LogP contribution in [0.1, 0.15) is 49.3 Å². The number of hydrogen-bond donors (Lipinski definition) is 1. The van der Waals surface area contributed by atoms with Crippen molar-refractivity contribution < 1.29 is 31.8 Å². The highest BCUT2D eigenvalue weighted by molar-refractivity contribution is 7.99. The van der Waals surface area contributed by atoms with Gasteiger partial charge in [-0.25, -0.2) is 0 Å². The number of phenols is 1. The molecule has 0 spiro atoms. The van der Waals surface area contributed by atoms with E-state index in [0.29, 0.717) is 18.9 Å². The highest BCUT2D eigenvalue weighted by atomic mass is 32.2. The number of alkyl halides is 5. The van der Waals surface area contributed by atoms with E-state index in [1.807, 2.05) is 61.6 Å². The summed E-state index contributed by atoms with van der Waals surface area (Å²) in [5, 5.41) is 9.82. The molecule has 0 saturated heterocycles. The van der Waals surface area contributed by atoms with E-state index in [1.54, 1.807) is 12.1 Å². The van der Waals surface area contributed by atoms with E-state index in [1.165, 1.54) is 17.3 Å². The van der Waals surface area contributed by atoms with Crippen LogP contribution in [0.15, 0.2) is 78.9 Å². The Balaban J connectivity index is 1.48. The highest BCUT2D eigenvalue weighted by Gasteiger charge is 2.56. The lowest BCUT2D eigenvalue weighted by molar-refractivity contribution is -0.284. The third-order valence-electron chi connectivity index (χ3n) is 6.84. The average Bonchev–Trinajstić information content (AvgIpc) is 2.97. The van der Waals surface area contributed by atoms with Gasteiger partial charge in [-0.05, 0) is 84.2 Å². The molecule has 9 heteroatoms. The van der Waals surface area contributed by atoms with E-state index < -0.39 is 18.5 Å². The number of halogens is 5. The van der Waals surface area contributed by atoms with Crippen LogP contribution in [0.25, 0.3) is 11.1 Å². The first-order valence-electron chi connectivity index (χ1n) is 14.0. The first kappa shape index (κ1) is 33.5. The Morgan fingerprint density at radius 3 is 2.00 bits per heavy atom. The van der Waals surface area contributed by atoms with Crippen LogP contribution >= 0.6 is 11.8 Å². The predicted octanol–water partition coefficient (Wildman–Crippen LogP) is 9.17. The van der Waals surface area contributed by atoms with Gasteiger partial charge in [-0.1, -0.05) is 61.5 Å². The lowest BCUT2D eigenvalue weighted by Crippen LogP contribution is -2.36. The maximum absolute atomic E-state index is 12.9. The molecule has 42 heavy (non-hydrogen) atoms. The molecule has 1 N–H and O–H groups in total. The molecule has 3 aromatic rings. The molecule has 0 aliphatic heterocycles. The number of benzene rings is 3. The largest absolute Gasteiger partial charge is 0.508 e. The molecule has 0 unspecified atom stereocenters. The summed E-state index contributed by atoms with van der Waals surface area (Å²) >= 11 is 1.38. The zero-order valence-electron chi connectivity index (χ0n) is 24.0. The SMILES string of the molecule is CC/C(=C(/c1ccc(O)cc1)c1ccc(OCCCN(C)CCSCCCC(F)(F)C(F)(F)F)cc1)c1ccccc1. The van der Waals surface area contributed by atoms with Gasteiger partial charge in [0.05, 0.1) is 6.61 Å². The summed E-state index contributed by atoms with van der Waals surface area (Å²) in [7, 11) is 1.95. The van der Waals surface area contributed by atoms with Gasteiger partial charge in [0, 0.05) is 25.3 Å². The quantitative estimate of drug-likeness (QED) is 0.100. The van der Waals surface area contributed by atoms with Crippen molar-refractivity contribution >= 4 is 22.9 Å². The number of hydrogen-bond acceptors (Lipinski definition) is 4. The summed E-state index contributed by atoms with van der Waals surface area (Å²) in [4.78, 5) is 2.09. The topological polar surface area (TPSA) is 32.7 Å². The molecule has 0 fully saturated rings. The Kier molecular flexibility index (Phi) is 12.7. The second kappa shape index (κ2) is 16.0. The van der Waals surface area contributed by atoms with Crippen molar-refractivity contribution in [2.24, 2.45) is 0 Å². The molecular weight excluding hydrogens is 569 g/mol. The van der Waals surface area contributed by atoms with Crippen molar-refractivity contribution in [1.82, 2.24) is 4.90 Å². The molecule has 3 aromatic carbocycles. The fourth-order valence-electron chi connectivity index (χ4n) is 4.52. The van der Waals surface area contributed by atoms with Gasteiger partial charge in [0.15, 0.2) is 0 Å². The molecule has 3 rings (SSSR count). The number of allylic oxidation sites excluding steroid dienone is 1. The molecule has 0 bridgehead atoms. The van der Waals surface area contributed by atoms with E-state index in [4.69, 9.17) is 4.74 Å². The Labute approximate surface area is 249 Å². The molecule has 0 amide bonds. The lowest BCUT2D eigenvalue weighted by Gasteiger charge is -2.19. The second-order valence-electron chi connectivity index (χ2n) is 10.1. The number of nitrogens with zero attached hydrogens (tertiary/aromatic N) is 1. The minimum Gasteiger partial charge on any atom is -0.508 e. The Hall–Kier alpha value is -3.04. The Bertz CT molecular complexity index is 1250. The molecule has 0 radical (unpaired) electrons. The molecule has 0 saturated carbocycles. The van der Waals surface area contributed by atoms with Crippen molar-refractivity contribution in [2.45, 2.75) is 44.7 Å². The number of ether oxygens (including phenoxy) is 1. The number of rotatable bonds is 16. The van der Waals surface area contributed by atoms with E-state index >= 15 is 0 Å². The van der Waals surface area contributed by atoms with Gasteiger partial charge in [-0.3, -0.25) is 0 Å². The van der Waals surface area contributed by atoms with Gasteiger partial charge in [0.1, 0.15) is 11.5 Å². The summed E-state index contributed by atoms with van der Waals surface area (Å²) in [6.07, 6.45) is -5.20. The zero-order valence-corrected chi connectivity index (χ0v) is 24.8. The summed E-state index contributed by atoms with van der Waals surface area (Å²) in [6.45, 7) is 4.14. The van der Waals surface area contributed by atoms with E-state index in [0.717, 1.165) is 47.4 Å². The van der Waals surface area contributed by atoms with Crippen molar-refractivity contribution in [3.05, 3.63) is 95.6 Å². The normalized spacial score (nSPS) is 12.9. The van der Waals surface area contributed by atoms with Gasteiger partial charge >= 0.3 is 12.1 Å². The molecular formula is C33H38F5NO2S. The first-order valence-corrected chi connectivity index (χ1v) is 15.2. The van der Waals surface area contributed by atoms with E-state index in [9.17, 15) is 27.1 Å². The van der Waals surface area contributed by atoms with Crippen molar-refractivity contribution in [3.8, 4) is 11.5 Å². The van der Waals surface area contributed by atoms with Gasteiger partial charge in [0.25, 0.3) is 0 Å². The standard InChI is InChI=1S/C33H38F5NO2S/c1-3-30(25-9-5-4-6-10-25)31(26-11-15-28(40)16-12-26)27-13-17-29(18-14-27)41-22-8-20-39(2)21-24-42-23-7-19-32(34,35)33(36,37)38/h4-6,9-18,40H,3,7-8,19-24H2,1-2H3/b31-30+. The maximum atomic E-state index is 12.9. The van der Waals surface area contributed by atoms with E-state index in [2.05, 4.69) is 24.0 Å². The fourth-order valence-corrected chi connectivity index (χ4v) is 5.52. The molecule has 0 atom stereocenters. The lowest BCUT2D eigenvalue weighted by atomic mass is 9.88. The molecule has 228 valence electrons. The summed E-state index contributed by atoms with van der Waals surface area (Å²) in [5.74, 6) is -2.70. The van der Waals surface area contributed by atoms with Crippen LogP contribution in [0.5, 0.6) is 11.5 Å². The Morgan fingerprint density at radius 1 is 0.786 bits per heavy atom. The van der Waals surface area contributed by atoms with Crippen LogP contribution in [0.4, 0.5) is 22.0 Å². The van der Waals surface area contributed by atoms with Crippen LogP contribution in [-0.4, -0.2) is 60.4 Å². The van der Waals surface area contributed by atoms with E-state index in [-0.39, 0.29) is 17.9 Å². The van der Waals surface area contributed by atoms with Crippen molar-refractivity contribution in [1.29, 1.82) is 0 Å². The van der Waals surface area contributed by atoms with Gasteiger partial charge in [-0.2, -0.15) is 33.7 Å². The van der Waals surface area contributed by atoms with Crippen LogP contribution in [0.2, 0.25) is 0 Å². The monoisotopic (exact) mass is 607 g/mol. The fraction of sp³-hybridized carbons (Fsp3) is 0.394. The van der Waals surface area contributed by atoms with Gasteiger partial charge < -0.3 is 14.7 Å². The summed E-state index contributed by atoms with van der Waals surface area (Å²) in [6, 6.07) is 25.5. The van der Waals surface area contributed by atoms with Crippen LogP contribution in [0.3, 0.4) is 0 Å². The highest BCUT2D eigenvalue weighted by Crippen LogP contribution is 2.39. The molecule has 3 nitrogen and oxygen atoms in total. The number of thioether (sulfide) groups is 1. The van der Waals surface area contributed by atoms with Crippen molar-refractivity contribution in [2.75, 3.05) is 38.2 Å². The average molecular weight is 608 g/mol. The smallest absolute Gasteiger partial charge is 0.453 e. The predicted molar refractivity (Wildman–Crippen MR) is 162 cm³/mol. The van der Waals surface area contributed by atoms with Crippen LogP contribution in [-0.2, 0) is 0 Å². The summed E-state index contributed by atoms with van der Waals surface area (Å²) < 4.78 is 68.5. The number of phenolic OH excluding ortho intramolecular Hbond substituents is 1. The minimum absolute atomic E-state index is 0.175. The Morgan fingerprint density at radius 2 is 1.40 bits per heavy atom.